The van der Waals surface area contributed by atoms with E-state index in [2.05, 4.69) is 10.6 Å². The Balaban J connectivity index is 2.39. The standard InChI is InChI=1S/C13H18N2O3/c1-9(11-6-4-3-5-7-11)15-12(16)8-14-10(2)13(17)18/h3-7,9-10,14H,8H2,1-2H3,(H,15,16)(H,17,18)/t9?,10-/m1/s1. The monoisotopic (exact) mass is 250 g/mol. The van der Waals surface area contributed by atoms with Crippen molar-refractivity contribution in [2.75, 3.05) is 6.54 Å². The van der Waals surface area contributed by atoms with Crippen LogP contribution in [0.3, 0.4) is 0 Å². The largest absolute Gasteiger partial charge is 0.480 e. The van der Waals surface area contributed by atoms with Gasteiger partial charge in [-0.2, -0.15) is 0 Å². The van der Waals surface area contributed by atoms with Crippen LogP contribution in [0, 0.1) is 0 Å². The summed E-state index contributed by atoms with van der Waals surface area (Å²) in [6.07, 6.45) is 0. The van der Waals surface area contributed by atoms with Crippen LogP contribution < -0.4 is 10.6 Å². The van der Waals surface area contributed by atoms with Gasteiger partial charge in [-0.3, -0.25) is 14.9 Å². The summed E-state index contributed by atoms with van der Waals surface area (Å²) in [5.41, 5.74) is 1.01. The van der Waals surface area contributed by atoms with E-state index >= 15 is 0 Å². The Morgan fingerprint density at radius 1 is 1.22 bits per heavy atom. The van der Waals surface area contributed by atoms with Gasteiger partial charge in [0.05, 0.1) is 12.6 Å². The molecule has 0 heterocycles. The van der Waals surface area contributed by atoms with Crippen molar-refractivity contribution < 1.29 is 14.7 Å². The van der Waals surface area contributed by atoms with Crippen LogP contribution in [0.4, 0.5) is 0 Å². The van der Waals surface area contributed by atoms with Crippen molar-refractivity contribution in [2.45, 2.75) is 25.9 Å². The Morgan fingerprint density at radius 2 is 1.83 bits per heavy atom. The Kier molecular flexibility index (Phi) is 5.32. The molecule has 98 valence electrons. The van der Waals surface area contributed by atoms with E-state index in [9.17, 15) is 9.59 Å². The van der Waals surface area contributed by atoms with E-state index < -0.39 is 12.0 Å². The molecule has 0 spiro atoms. The van der Waals surface area contributed by atoms with Crippen molar-refractivity contribution in [1.29, 1.82) is 0 Å². The van der Waals surface area contributed by atoms with Gasteiger partial charge in [-0.15, -0.1) is 0 Å². The number of rotatable bonds is 6. The molecule has 1 aromatic rings. The summed E-state index contributed by atoms with van der Waals surface area (Å²) in [4.78, 5) is 22.1. The van der Waals surface area contributed by atoms with Gasteiger partial charge < -0.3 is 10.4 Å². The summed E-state index contributed by atoms with van der Waals surface area (Å²) >= 11 is 0. The van der Waals surface area contributed by atoms with E-state index in [0.717, 1.165) is 5.56 Å². The second-order valence-corrected chi connectivity index (χ2v) is 4.14. The van der Waals surface area contributed by atoms with E-state index in [1.807, 2.05) is 37.3 Å². The zero-order chi connectivity index (χ0) is 13.5. The third-order valence-corrected chi connectivity index (χ3v) is 2.62. The fourth-order valence-corrected chi connectivity index (χ4v) is 1.45. The number of amides is 1. The molecule has 18 heavy (non-hydrogen) atoms. The number of nitrogens with one attached hydrogen (secondary N) is 2. The molecule has 0 saturated carbocycles. The minimum atomic E-state index is -0.973. The number of carboxylic acids is 1. The predicted octanol–water partition coefficient (Wildman–Crippen LogP) is 0.926. The fourth-order valence-electron chi connectivity index (χ4n) is 1.45. The first-order valence-electron chi connectivity index (χ1n) is 5.81. The van der Waals surface area contributed by atoms with Crippen LogP contribution >= 0.6 is 0 Å². The van der Waals surface area contributed by atoms with Crippen LogP contribution in [0.15, 0.2) is 30.3 Å². The average Bonchev–Trinajstić information content (AvgIpc) is 2.36. The summed E-state index contributed by atoms with van der Waals surface area (Å²) < 4.78 is 0. The molecule has 3 N–H and O–H groups in total. The second-order valence-electron chi connectivity index (χ2n) is 4.14. The predicted molar refractivity (Wildman–Crippen MR) is 68.1 cm³/mol. The lowest BCUT2D eigenvalue weighted by Gasteiger charge is -2.15. The number of carbonyl (C=O) groups excluding carboxylic acids is 1. The molecule has 1 rings (SSSR count). The molecule has 5 nitrogen and oxygen atoms in total. The van der Waals surface area contributed by atoms with Gasteiger partial charge >= 0.3 is 5.97 Å². The third-order valence-electron chi connectivity index (χ3n) is 2.62. The highest BCUT2D eigenvalue weighted by Gasteiger charge is 2.13. The SMILES string of the molecule is CC(NC(=O)CN[C@H](C)C(=O)O)c1ccccc1. The topological polar surface area (TPSA) is 78.4 Å². The molecule has 0 aliphatic heterocycles. The molecule has 0 fully saturated rings. The van der Waals surface area contributed by atoms with E-state index in [-0.39, 0.29) is 18.5 Å². The van der Waals surface area contributed by atoms with Gasteiger partial charge in [0, 0.05) is 0 Å². The molecular weight excluding hydrogens is 232 g/mol. The Labute approximate surface area is 106 Å². The van der Waals surface area contributed by atoms with Gasteiger partial charge in [-0.1, -0.05) is 30.3 Å². The molecule has 1 amide bonds. The molecule has 0 saturated heterocycles. The number of hydrogen-bond acceptors (Lipinski definition) is 3. The van der Waals surface area contributed by atoms with Gasteiger partial charge in [0.25, 0.3) is 0 Å². The lowest BCUT2D eigenvalue weighted by Crippen LogP contribution is -2.42. The molecule has 5 heteroatoms. The number of carbonyl (C=O) groups is 2. The summed E-state index contributed by atoms with van der Waals surface area (Å²) in [6.45, 7) is 3.37. The van der Waals surface area contributed by atoms with Gasteiger partial charge in [0.2, 0.25) is 5.91 Å². The molecule has 1 aromatic carbocycles. The third kappa shape index (κ3) is 4.55. The van der Waals surface area contributed by atoms with Crippen LogP contribution in [-0.4, -0.2) is 29.6 Å². The molecule has 0 aromatic heterocycles. The van der Waals surface area contributed by atoms with E-state index in [1.54, 1.807) is 0 Å². The highest BCUT2D eigenvalue weighted by atomic mass is 16.4. The quantitative estimate of drug-likeness (QED) is 0.701. The van der Waals surface area contributed by atoms with Crippen LogP contribution in [-0.2, 0) is 9.59 Å². The van der Waals surface area contributed by atoms with E-state index in [4.69, 9.17) is 5.11 Å². The Bertz CT molecular complexity index is 406. The normalized spacial score (nSPS) is 13.7. The molecule has 0 radical (unpaired) electrons. The van der Waals surface area contributed by atoms with Crippen molar-refractivity contribution >= 4 is 11.9 Å². The van der Waals surface area contributed by atoms with Crippen molar-refractivity contribution in [3.63, 3.8) is 0 Å². The molecular formula is C13H18N2O3. The van der Waals surface area contributed by atoms with Gasteiger partial charge in [0.1, 0.15) is 6.04 Å². The lowest BCUT2D eigenvalue weighted by atomic mass is 10.1. The first-order chi connectivity index (χ1) is 8.50. The number of benzene rings is 1. The molecule has 0 bridgehead atoms. The minimum Gasteiger partial charge on any atom is -0.480 e. The number of carboxylic acid groups (broad SMARTS) is 1. The van der Waals surface area contributed by atoms with Crippen molar-refractivity contribution in [3.8, 4) is 0 Å². The lowest BCUT2D eigenvalue weighted by molar-refractivity contribution is -0.139. The highest BCUT2D eigenvalue weighted by molar-refractivity contribution is 5.80. The van der Waals surface area contributed by atoms with Crippen molar-refractivity contribution in [3.05, 3.63) is 35.9 Å². The Morgan fingerprint density at radius 3 is 2.39 bits per heavy atom. The average molecular weight is 250 g/mol. The van der Waals surface area contributed by atoms with Gasteiger partial charge in [-0.25, -0.2) is 0 Å². The molecule has 0 aliphatic carbocycles. The maximum atomic E-state index is 11.6. The highest BCUT2D eigenvalue weighted by Crippen LogP contribution is 2.10. The minimum absolute atomic E-state index is 0.00929. The molecule has 2 atom stereocenters. The molecule has 1 unspecified atom stereocenters. The zero-order valence-corrected chi connectivity index (χ0v) is 10.5. The summed E-state index contributed by atoms with van der Waals surface area (Å²) in [7, 11) is 0. The molecule has 0 aliphatic rings. The summed E-state index contributed by atoms with van der Waals surface area (Å²) in [5, 5.41) is 14.1. The smallest absolute Gasteiger partial charge is 0.320 e. The van der Waals surface area contributed by atoms with Crippen molar-refractivity contribution in [1.82, 2.24) is 10.6 Å². The number of hydrogen-bond donors (Lipinski definition) is 3. The van der Waals surface area contributed by atoms with Gasteiger partial charge in [-0.05, 0) is 19.4 Å². The maximum Gasteiger partial charge on any atom is 0.320 e. The number of aliphatic carboxylic acids is 1. The van der Waals surface area contributed by atoms with E-state index in [0.29, 0.717) is 0 Å². The van der Waals surface area contributed by atoms with Crippen LogP contribution in [0.1, 0.15) is 25.5 Å². The zero-order valence-electron chi connectivity index (χ0n) is 10.5. The Hall–Kier alpha value is -1.88. The van der Waals surface area contributed by atoms with Crippen LogP contribution in [0.25, 0.3) is 0 Å². The first kappa shape index (κ1) is 14.2. The summed E-state index contributed by atoms with van der Waals surface area (Å²) in [5.74, 6) is -1.20. The van der Waals surface area contributed by atoms with Crippen LogP contribution in [0.5, 0.6) is 0 Å². The fraction of sp³-hybridized carbons (Fsp3) is 0.385. The van der Waals surface area contributed by atoms with Crippen molar-refractivity contribution in [2.24, 2.45) is 0 Å². The maximum absolute atomic E-state index is 11.6. The summed E-state index contributed by atoms with van der Waals surface area (Å²) in [6, 6.07) is 8.75. The van der Waals surface area contributed by atoms with E-state index in [1.165, 1.54) is 6.92 Å². The van der Waals surface area contributed by atoms with Crippen LogP contribution in [0.2, 0.25) is 0 Å². The van der Waals surface area contributed by atoms with Gasteiger partial charge in [0.15, 0.2) is 0 Å². The second kappa shape index (κ2) is 6.76. The first-order valence-corrected chi connectivity index (χ1v) is 5.81.